The zero-order chi connectivity index (χ0) is 8.31. The van der Waals surface area contributed by atoms with E-state index in [4.69, 9.17) is 21.8 Å². The van der Waals surface area contributed by atoms with Crippen molar-refractivity contribution in [1.29, 1.82) is 0 Å². The first-order chi connectivity index (χ1) is 4.46. The van der Waals surface area contributed by atoms with Gasteiger partial charge in [-0.15, -0.1) is 11.6 Å². The second-order valence-electron chi connectivity index (χ2n) is 1.37. The highest BCUT2D eigenvalue weighted by Crippen LogP contribution is 1.96. The lowest BCUT2D eigenvalue weighted by atomic mass is 10.3. The number of carbonyl (C=O) groups is 3. The van der Waals surface area contributed by atoms with Crippen LogP contribution in [0.25, 0.3) is 0 Å². The molecule has 0 aromatic carbocycles. The number of carboxylic acid groups (broad SMARTS) is 2. The van der Waals surface area contributed by atoms with Gasteiger partial charge in [0.2, 0.25) is 5.38 Å². The van der Waals surface area contributed by atoms with E-state index in [0.717, 1.165) is 0 Å². The van der Waals surface area contributed by atoms with E-state index in [1.165, 1.54) is 0 Å². The Morgan fingerprint density at radius 2 is 1.60 bits per heavy atom. The molecule has 0 fully saturated rings. The summed E-state index contributed by atoms with van der Waals surface area (Å²) in [7, 11) is 0. The van der Waals surface area contributed by atoms with Gasteiger partial charge in [-0.3, -0.25) is 9.59 Å². The van der Waals surface area contributed by atoms with E-state index in [1.54, 1.807) is 0 Å². The van der Waals surface area contributed by atoms with E-state index in [1.807, 2.05) is 0 Å². The molecule has 0 saturated heterocycles. The Balaban J connectivity index is 4.22. The zero-order valence-corrected chi connectivity index (χ0v) is 5.33. The third-order valence-corrected chi connectivity index (χ3v) is 1.04. The quantitative estimate of drug-likeness (QED) is 0.330. The summed E-state index contributed by atoms with van der Waals surface area (Å²) in [5.74, 6) is -5.04. The number of carboxylic acids is 2. The Bertz CT molecular complexity index is 186. The van der Waals surface area contributed by atoms with Gasteiger partial charge >= 0.3 is 11.9 Å². The lowest BCUT2D eigenvalue weighted by Gasteiger charge is -1.95. The van der Waals surface area contributed by atoms with Crippen LogP contribution in [0.1, 0.15) is 0 Å². The fraction of sp³-hybridized carbons (Fsp3) is 0.250. The van der Waals surface area contributed by atoms with Crippen LogP contribution in [-0.2, 0) is 14.4 Å². The summed E-state index contributed by atoms with van der Waals surface area (Å²) in [6.07, 6.45) is 0. The van der Waals surface area contributed by atoms with Crippen LogP contribution in [0.15, 0.2) is 0 Å². The average molecular weight is 167 g/mol. The van der Waals surface area contributed by atoms with E-state index in [-0.39, 0.29) is 0 Å². The largest absolute Gasteiger partial charge is 0.480 e. The number of carbonyl (C=O) groups excluding carboxylic acids is 1. The summed E-state index contributed by atoms with van der Waals surface area (Å²) in [4.78, 5) is 29.7. The molecule has 1 unspecified atom stereocenters. The molecule has 0 aliphatic heterocycles. The molecule has 0 amide bonds. The molecule has 0 radical (unpaired) electrons. The predicted molar refractivity (Wildman–Crippen MR) is 29.9 cm³/mol. The van der Waals surface area contributed by atoms with Gasteiger partial charge in [-0.05, 0) is 0 Å². The van der Waals surface area contributed by atoms with Crippen LogP contribution in [0.2, 0.25) is 0 Å². The molecular weight excluding hydrogens is 163 g/mol. The average Bonchev–Trinajstić information content (AvgIpc) is 1.84. The molecule has 0 aliphatic carbocycles. The van der Waals surface area contributed by atoms with Crippen LogP contribution in [0, 0.1) is 0 Å². The van der Waals surface area contributed by atoms with Crippen molar-refractivity contribution >= 4 is 29.3 Å². The monoisotopic (exact) mass is 166 g/mol. The lowest BCUT2D eigenvalue weighted by molar-refractivity contribution is -0.152. The van der Waals surface area contributed by atoms with Crippen molar-refractivity contribution < 1.29 is 24.6 Å². The van der Waals surface area contributed by atoms with Crippen molar-refractivity contribution in [3.63, 3.8) is 0 Å². The molecule has 0 bridgehead atoms. The van der Waals surface area contributed by atoms with Crippen LogP contribution in [0.3, 0.4) is 0 Å². The van der Waals surface area contributed by atoms with Gasteiger partial charge in [-0.1, -0.05) is 0 Å². The SMILES string of the molecule is O=C(O)C(=O)C(Cl)C(=O)O. The fourth-order valence-electron chi connectivity index (χ4n) is 0.221. The second kappa shape index (κ2) is 3.17. The molecule has 0 spiro atoms. The van der Waals surface area contributed by atoms with Crippen LogP contribution in [0.4, 0.5) is 0 Å². The van der Waals surface area contributed by atoms with Crippen LogP contribution >= 0.6 is 11.6 Å². The van der Waals surface area contributed by atoms with Gasteiger partial charge in [0.1, 0.15) is 0 Å². The number of rotatable bonds is 3. The maximum Gasteiger partial charge on any atom is 0.374 e. The van der Waals surface area contributed by atoms with Gasteiger partial charge in [0, 0.05) is 0 Å². The van der Waals surface area contributed by atoms with Crippen LogP contribution in [-0.4, -0.2) is 33.3 Å². The minimum absolute atomic E-state index is 1.53. The molecule has 0 saturated carbocycles. The van der Waals surface area contributed by atoms with Crippen LogP contribution < -0.4 is 0 Å². The predicted octanol–water partition coefficient (Wildman–Crippen LogP) is -0.668. The minimum Gasteiger partial charge on any atom is -0.480 e. The number of halogens is 1. The lowest BCUT2D eigenvalue weighted by Crippen LogP contribution is -2.30. The van der Waals surface area contributed by atoms with Crippen molar-refractivity contribution in [2.75, 3.05) is 0 Å². The summed E-state index contributed by atoms with van der Waals surface area (Å²) >= 11 is 4.83. The van der Waals surface area contributed by atoms with E-state index in [0.29, 0.717) is 0 Å². The van der Waals surface area contributed by atoms with E-state index in [2.05, 4.69) is 0 Å². The highest BCUT2D eigenvalue weighted by atomic mass is 35.5. The highest BCUT2D eigenvalue weighted by Gasteiger charge is 2.28. The molecule has 6 heteroatoms. The Morgan fingerprint density at radius 1 is 1.20 bits per heavy atom. The Labute approximate surface area is 60.2 Å². The summed E-state index contributed by atoms with van der Waals surface area (Å²) in [5, 5.41) is 13.9. The number of ketones is 1. The molecule has 0 rings (SSSR count). The van der Waals surface area contributed by atoms with Crippen molar-refractivity contribution in [1.82, 2.24) is 0 Å². The van der Waals surface area contributed by atoms with Gasteiger partial charge in [0.15, 0.2) is 0 Å². The second-order valence-corrected chi connectivity index (χ2v) is 1.81. The molecule has 0 aliphatic rings. The first-order valence-electron chi connectivity index (χ1n) is 2.11. The molecular formula is C4H3ClO5. The Kier molecular flexibility index (Phi) is 2.82. The first kappa shape index (κ1) is 8.90. The molecule has 5 nitrogen and oxygen atoms in total. The van der Waals surface area contributed by atoms with E-state index in [9.17, 15) is 14.4 Å². The van der Waals surface area contributed by atoms with Crippen molar-refractivity contribution in [2.24, 2.45) is 0 Å². The molecule has 10 heavy (non-hydrogen) atoms. The van der Waals surface area contributed by atoms with Crippen molar-refractivity contribution in [2.45, 2.75) is 5.38 Å². The zero-order valence-electron chi connectivity index (χ0n) is 4.57. The third kappa shape index (κ3) is 2.02. The van der Waals surface area contributed by atoms with Crippen molar-refractivity contribution in [3.8, 4) is 0 Å². The number of hydrogen-bond acceptors (Lipinski definition) is 3. The van der Waals surface area contributed by atoms with Gasteiger partial charge < -0.3 is 10.2 Å². The van der Waals surface area contributed by atoms with Gasteiger partial charge in [-0.2, -0.15) is 0 Å². The molecule has 0 heterocycles. The highest BCUT2D eigenvalue weighted by molar-refractivity contribution is 6.53. The summed E-state index contributed by atoms with van der Waals surface area (Å²) < 4.78 is 0. The third-order valence-electron chi connectivity index (χ3n) is 0.658. The molecule has 56 valence electrons. The Hall–Kier alpha value is -1.10. The number of aliphatic carboxylic acids is 2. The van der Waals surface area contributed by atoms with Crippen molar-refractivity contribution in [3.05, 3.63) is 0 Å². The minimum atomic E-state index is -1.99. The number of alkyl halides is 1. The smallest absolute Gasteiger partial charge is 0.374 e. The first-order valence-corrected chi connectivity index (χ1v) is 2.54. The fourth-order valence-corrected chi connectivity index (χ4v) is 0.314. The Morgan fingerprint density at radius 3 is 1.70 bits per heavy atom. The maximum absolute atomic E-state index is 10.2. The van der Waals surface area contributed by atoms with E-state index < -0.39 is 23.1 Å². The standard InChI is InChI=1S/C4H3ClO5/c5-1(3(7)8)2(6)4(9)10/h1H,(H,7,8)(H,9,10). The molecule has 2 N–H and O–H groups in total. The summed E-state index contributed by atoms with van der Waals surface area (Å²) in [6.45, 7) is 0. The van der Waals surface area contributed by atoms with Gasteiger partial charge in [-0.25, -0.2) is 4.79 Å². The molecule has 1 atom stereocenters. The molecule has 0 aromatic rings. The normalized spacial score (nSPS) is 12.1. The number of Topliss-reactive ketones (excluding diaryl/α,β-unsaturated/α-hetero) is 1. The van der Waals surface area contributed by atoms with E-state index >= 15 is 0 Å². The van der Waals surface area contributed by atoms with Gasteiger partial charge in [0.25, 0.3) is 5.78 Å². The summed E-state index contributed by atoms with van der Waals surface area (Å²) in [5.41, 5.74) is 0. The molecule has 0 aromatic heterocycles. The van der Waals surface area contributed by atoms with Gasteiger partial charge in [0.05, 0.1) is 0 Å². The summed E-state index contributed by atoms with van der Waals surface area (Å²) in [6, 6.07) is 0. The topological polar surface area (TPSA) is 91.7 Å². The maximum atomic E-state index is 10.2. The van der Waals surface area contributed by atoms with Crippen LogP contribution in [0.5, 0.6) is 0 Å². The number of hydrogen-bond donors (Lipinski definition) is 2.